The number of rotatable bonds is 1. The van der Waals surface area contributed by atoms with Gasteiger partial charge in [-0.3, -0.25) is 0 Å². The minimum Gasteiger partial charge on any atom is -0.0652 e. The molecule has 0 spiro atoms. The summed E-state index contributed by atoms with van der Waals surface area (Å²) in [6, 6.07) is 5.69. The fourth-order valence-corrected chi connectivity index (χ4v) is 4.05. The monoisotopic (exact) mass is 127 g/mol. The van der Waals surface area contributed by atoms with Gasteiger partial charge >= 0.3 is 0 Å². The van der Waals surface area contributed by atoms with Crippen LogP contribution in [0, 0.1) is 6.04 Å². The predicted octanol–water partition coefficient (Wildman–Crippen LogP) is 2.16. The molecule has 1 saturated heterocycles. The largest absolute Gasteiger partial charge is 0.0652 e. The van der Waals surface area contributed by atoms with E-state index in [-0.39, 0.29) is 8.80 Å². The van der Waals surface area contributed by atoms with Crippen molar-refractivity contribution in [1.82, 2.24) is 0 Å². The Labute approximate surface area is 53.9 Å². The first-order chi connectivity index (χ1) is 3.93. The van der Waals surface area contributed by atoms with Gasteiger partial charge in [0.05, 0.1) is 0 Å². The summed E-state index contributed by atoms with van der Waals surface area (Å²) in [5, 5.41) is 0. The average molecular weight is 127 g/mol. The fraction of sp³-hybridized carbons (Fsp3) is 0.857. The first-order valence-corrected chi connectivity index (χ1v) is 6.03. The molecule has 0 aliphatic carbocycles. The Hall–Kier alpha value is 0.217. The molecule has 0 unspecified atom stereocenters. The predicted molar refractivity (Wildman–Crippen MR) is 40.6 cm³/mol. The zero-order chi connectivity index (χ0) is 5.82. The molecule has 1 aliphatic heterocycles. The van der Waals surface area contributed by atoms with Crippen LogP contribution in [0.2, 0.25) is 12.1 Å². The van der Waals surface area contributed by atoms with Crippen LogP contribution in [-0.2, 0) is 0 Å². The number of hydrogen-bond donors (Lipinski definition) is 0. The lowest BCUT2D eigenvalue weighted by Crippen LogP contribution is -2.15. The highest BCUT2D eigenvalue weighted by molar-refractivity contribution is 6.62. The van der Waals surface area contributed by atoms with Gasteiger partial charge in [-0.05, 0) is 0 Å². The molecular formula is C7H15Si. The third-order valence-corrected chi connectivity index (χ3v) is 5.36. The molecule has 1 heteroatoms. The van der Waals surface area contributed by atoms with Gasteiger partial charge < -0.3 is 0 Å². The van der Waals surface area contributed by atoms with E-state index >= 15 is 0 Å². The second kappa shape index (κ2) is 3.28. The van der Waals surface area contributed by atoms with E-state index in [1.165, 1.54) is 19.3 Å². The molecule has 1 heterocycles. The summed E-state index contributed by atoms with van der Waals surface area (Å²) < 4.78 is 0. The quantitative estimate of drug-likeness (QED) is 0.473. The van der Waals surface area contributed by atoms with E-state index in [9.17, 15) is 0 Å². The van der Waals surface area contributed by atoms with E-state index in [0.29, 0.717) is 0 Å². The second-order valence-corrected chi connectivity index (χ2v) is 6.07. The summed E-state index contributed by atoms with van der Waals surface area (Å²) in [6.45, 7) is 2.25. The van der Waals surface area contributed by atoms with Crippen LogP contribution in [0.3, 0.4) is 0 Å². The molecule has 1 fully saturated rings. The van der Waals surface area contributed by atoms with Gasteiger partial charge in [0.1, 0.15) is 0 Å². The zero-order valence-electron chi connectivity index (χ0n) is 5.69. The molecule has 1 aliphatic rings. The molecule has 1 rings (SSSR count). The molecule has 0 aromatic carbocycles. The summed E-state index contributed by atoms with van der Waals surface area (Å²) in [4.78, 5) is 0. The van der Waals surface area contributed by atoms with Crippen molar-refractivity contribution in [2.75, 3.05) is 0 Å². The van der Waals surface area contributed by atoms with Crippen molar-refractivity contribution in [2.45, 2.75) is 38.3 Å². The van der Waals surface area contributed by atoms with Crippen molar-refractivity contribution < 1.29 is 0 Å². The lowest BCUT2D eigenvalue weighted by atomic mass is 10.3. The van der Waals surface area contributed by atoms with Crippen LogP contribution in [0.5, 0.6) is 0 Å². The van der Waals surface area contributed by atoms with Crippen molar-refractivity contribution in [1.29, 1.82) is 0 Å². The lowest BCUT2D eigenvalue weighted by Gasteiger charge is -2.17. The Morgan fingerprint density at radius 1 is 1.12 bits per heavy atom. The normalized spacial score (nSPS) is 23.6. The minimum atomic E-state index is -0.230. The van der Waals surface area contributed by atoms with Crippen LogP contribution in [-0.4, -0.2) is 8.80 Å². The highest BCUT2D eigenvalue weighted by Gasteiger charge is 2.11. The van der Waals surface area contributed by atoms with Crippen LogP contribution < -0.4 is 0 Å². The molecule has 0 N–H and O–H groups in total. The minimum absolute atomic E-state index is 0.230. The molecule has 0 nitrogen and oxygen atoms in total. The molecule has 8 heavy (non-hydrogen) atoms. The van der Waals surface area contributed by atoms with E-state index in [1.54, 1.807) is 12.1 Å². The Morgan fingerprint density at radius 2 is 1.75 bits per heavy atom. The van der Waals surface area contributed by atoms with Crippen molar-refractivity contribution in [2.24, 2.45) is 0 Å². The summed E-state index contributed by atoms with van der Waals surface area (Å²) >= 11 is 0. The highest BCUT2D eigenvalue weighted by Crippen LogP contribution is 2.19. The smallest absolute Gasteiger partial charge is 0.0396 e. The first-order valence-electron chi connectivity index (χ1n) is 3.73. The van der Waals surface area contributed by atoms with Crippen LogP contribution in [0.15, 0.2) is 0 Å². The Morgan fingerprint density at radius 3 is 2.12 bits per heavy atom. The van der Waals surface area contributed by atoms with E-state index in [0.717, 1.165) is 0 Å². The van der Waals surface area contributed by atoms with E-state index in [2.05, 4.69) is 13.0 Å². The Bertz CT molecular complexity index is 55.4. The maximum Gasteiger partial charge on any atom is 0.0396 e. The second-order valence-electron chi connectivity index (χ2n) is 2.73. The summed E-state index contributed by atoms with van der Waals surface area (Å²) in [5.74, 6) is 0. The zero-order valence-corrected chi connectivity index (χ0v) is 6.84. The maximum atomic E-state index is 2.50. The van der Waals surface area contributed by atoms with Gasteiger partial charge in [0, 0.05) is 8.80 Å². The van der Waals surface area contributed by atoms with Crippen molar-refractivity contribution in [3.63, 3.8) is 0 Å². The van der Waals surface area contributed by atoms with E-state index in [4.69, 9.17) is 0 Å². The molecule has 0 atom stereocenters. The molecule has 0 bridgehead atoms. The lowest BCUT2D eigenvalue weighted by molar-refractivity contribution is 0.725. The maximum absolute atomic E-state index is 2.50. The molecule has 0 saturated carbocycles. The van der Waals surface area contributed by atoms with Gasteiger partial charge in [0.15, 0.2) is 0 Å². The molecule has 1 radical (unpaired) electrons. The molecule has 0 amide bonds. The fourth-order valence-electron chi connectivity index (χ4n) is 1.47. The van der Waals surface area contributed by atoms with Crippen molar-refractivity contribution >= 4 is 8.80 Å². The van der Waals surface area contributed by atoms with Crippen LogP contribution >= 0.6 is 0 Å². The highest BCUT2D eigenvalue weighted by atomic mass is 28.3. The van der Waals surface area contributed by atoms with E-state index in [1.807, 2.05) is 0 Å². The van der Waals surface area contributed by atoms with Gasteiger partial charge in [-0.2, -0.15) is 0 Å². The molecule has 0 aromatic heterocycles. The van der Waals surface area contributed by atoms with Gasteiger partial charge in [-0.1, -0.05) is 44.3 Å². The van der Waals surface area contributed by atoms with Gasteiger partial charge in [-0.25, -0.2) is 0 Å². The Balaban J connectivity index is 2.13. The number of hydrogen-bond acceptors (Lipinski definition) is 0. The topological polar surface area (TPSA) is 0 Å². The first kappa shape index (κ1) is 6.34. The molecule has 47 valence electrons. The Kier molecular flexibility index (Phi) is 2.60. The molecular weight excluding hydrogens is 112 g/mol. The van der Waals surface area contributed by atoms with Gasteiger partial charge in [0.25, 0.3) is 0 Å². The third kappa shape index (κ3) is 1.62. The average Bonchev–Trinajstić information content (AvgIpc) is 1.90. The van der Waals surface area contributed by atoms with Crippen molar-refractivity contribution in [3.05, 3.63) is 6.04 Å². The van der Waals surface area contributed by atoms with E-state index < -0.39 is 0 Å². The van der Waals surface area contributed by atoms with Gasteiger partial charge in [0.2, 0.25) is 0 Å². The van der Waals surface area contributed by atoms with Crippen LogP contribution in [0.25, 0.3) is 0 Å². The summed E-state index contributed by atoms with van der Waals surface area (Å²) in [6.07, 6.45) is 4.57. The summed E-state index contributed by atoms with van der Waals surface area (Å²) in [5.41, 5.74) is 0. The van der Waals surface area contributed by atoms with Crippen molar-refractivity contribution in [3.8, 4) is 0 Å². The molecule has 0 aromatic rings. The SMILES string of the molecule is C[CH][SiH]1CCCCC1. The van der Waals surface area contributed by atoms with Crippen LogP contribution in [0.4, 0.5) is 0 Å². The third-order valence-electron chi connectivity index (χ3n) is 2.12. The van der Waals surface area contributed by atoms with Gasteiger partial charge in [-0.15, -0.1) is 0 Å². The standard InChI is InChI=1S/C7H15Si/c1-2-8-6-4-3-5-7-8/h2,8H,3-7H2,1H3. The van der Waals surface area contributed by atoms with Crippen LogP contribution in [0.1, 0.15) is 26.2 Å². The summed E-state index contributed by atoms with van der Waals surface area (Å²) in [7, 11) is -0.230.